The predicted molar refractivity (Wildman–Crippen MR) is 95.0 cm³/mol. The second-order valence-electron chi connectivity index (χ2n) is 5.41. The first kappa shape index (κ1) is 15.6. The molecule has 1 saturated heterocycles. The first-order valence-electron chi connectivity index (χ1n) is 7.54. The van der Waals surface area contributed by atoms with Gasteiger partial charge in [0.2, 0.25) is 0 Å². The maximum atomic E-state index is 5.36. The Hall–Kier alpha value is -1.28. The number of anilines is 1. The van der Waals surface area contributed by atoms with E-state index in [4.69, 9.17) is 17.0 Å². The van der Waals surface area contributed by atoms with Crippen LogP contribution in [0.5, 0.6) is 0 Å². The van der Waals surface area contributed by atoms with Gasteiger partial charge in [0.15, 0.2) is 5.11 Å². The van der Waals surface area contributed by atoms with E-state index in [1.807, 2.05) is 19.1 Å². The molecule has 5 nitrogen and oxygen atoms in total. The zero-order valence-electron chi connectivity index (χ0n) is 12.6. The minimum absolute atomic E-state index is 0.674. The zero-order valence-corrected chi connectivity index (χ0v) is 14.3. The lowest BCUT2D eigenvalue weighted by Crippen LogP contribution is -3.14. The van der Waals surface area contributed by atoms with Gasteiger partial charge in [-0.25, -0.2) is 4.98 Å². The van der Waals surface area contributed by atoms with Gasteiger partial charge in [-0.15, -0.1) is 11.3 Å². The minimum atomic E-state index is 0.674. The second-order valence-corrected chi connectivity index (χ2v) is 7.05. The monoisotopic (exact) mass is 337 g/mol. The molecule has 22 heavy (non-hydrogen) atoms. The van der Waals surface area contributed by atoms with Crippen LogP contribution < -0.4 is 15.5 Å². The van der Waals surface area contributed by atoms with Crippen LogP contribution in [-0.4, -0.2) is 49.5 Å². The molecule has 2 aromatic rings. The lowest BCUT2D eigenvalue weighted by Gasteiger charge is -2.24. The summed E-state index contributed by atoms with van der Waals surface area (Å²) in [4.78, 5) is 6.04. The molecule has 1 aromatic heterocycles. The van der Waals surface area contributed by atoms with Gasteiger partial charge < -0.3 is 20.3 Å². The second kappa shape index (κ2) is 7.32. The molecule has 0 atom stereocenters. The molecule has 0 amide bonds. The topological polar surface area (TPSA) is 50.6 Å². The number of aromatic nitrogens is 1. The van der Waals surface area contributed by atoms with E-state index in [0.29, 0.717) is 5.11 Å². The number of fused-ring (bicyclic) bond motifs is 1. The Bertz CT molecular complexity index is 652. The molecule has 0 saturated carbocycles. The summed E-state index contributed by atoms with van der Waals surface area (Å²) >= 11 is 7.06. The summed E-state index contributed by atoms with van der Waals surface area (Å²) in [6.07, 6.45) is 0. The summed E-state index contributed by atoms with van der Waals surface area (Å²) in [5, 5.41) is 8.28. The molecule has 1 aromatic carbocycles. The Morgan fingerprint density at radius 3 is 3.05 bits per heavy atom. The van der Waals surface area contributed by atoms with Crippen molar-refractivity contribution in [3.8, 4) is 0 Å². The summed E-state index contributed by atoms with van der Waals surface area (Å²) in [5.41, 5.74) is 2.05. The first-order chi connectivity index (χ1) is 10.7. The summed E-state index contributed by atoms with van der Waals surface area (Å²) in [7, 11) is 0. The maximum Gasteiger partial charge on any atom is 0.170 e. The van der Waals surface area contributed by atoms with Crippen LogP contribution in [0.2, 0.25) is 0 Å². The summed E-state index contributed by atoms with van der Waals surface area (Å²) in [6.45, 7) is 7.88. The van der Waals surface area contributed by atoms with Gasteiger partial charge in [0.25, 0.3) is 0 Å². The summed E-state index contributed by atoms with van der Waals surface area (Å²) in [6, 6.07) is 6.14. The molecule has 3 N–H and O–H groups in total. The van der Waals surface area contributed by atoms with Crippen molar-refractivity contribution in [2.75, 3.05) is 44.7 Å². The van der Waals surface area contributed by atoms with Crippen LogP contribution in [0.1, 0.15) is 5.01 Å². The minimum Gasteiger partial charge on any atom is -0.370 e. The van der Waals surface area contributed by atoms with Crippen molar-refractivity contribution in [1.82, 2.24) is 10.3 Å². The molecule has 0 bridgehead atoms. The molecule has 0 spiro atoms. The molecule has 118 valence electrons. The SMILES string of the molecule is Cc1nc2ccc(NC(=S)NCC[NH+]3CCOCC3)cc2s1. The lowest BCUT2D eigenvalue weighted by atomic mass is 10.3. The van der Waals surface area contributed by atoms with E-state index in [0.717, 1.165) is 55.6 Å². The molecule has 1 aliphatic rings. The lowest BCUT2D eigenvalue weighted by molar-refractivity contribution is -0.906. The van der Waals surface area contributed by atoms with E-state index in [9.17, 15) is 0 Å². The number of benzene rings is 1. The van der Waals surface area contributed by atoms with Crippen LogP contribution in [0.3, 0.4) is 0 Å². The number of hydrogen-bond acceptors (Lipinski definition) is 4. The van der Waals surface area contributed by atoms with Crippen molar-refractivity contribution >= 4 is 44.6 Å². The van der Waals surface area contributed by atoms with E-state index in [-0.39, 0.29) is 0 Å². The highest BCUT2D eigenvalue weighted by Gasteiger charge is 2.12. The largest absolute Gasteiger partial charge is 0.370 e. The Kier molecular flexibility index (Phi) is 5.20. The van der Waals surface area contributed by atoms with Crippen LogP contribution >= 0.6 is 23.6 Å². The van der Waals surface area contributed by atoms with Gasteiger partial charge in [-0.05, 0) is 37.3 Å². The van der Waals surface area contributed by atoms with Gasteiger partial charge in [0.1, 0.15) is 13.1 Å². The number of thiazole rings is 1. The number of hydrogen-bond donors (Lipinski definition) is 3. The van der Waals surface area contributed by atoms with Gasteiger partial charge in [-0.3, -0.25) is 0 Å². The third-order valence-corrected chi connectivity index (χ3v) is 4.90. The van der Waals surface area contributed by atoms with Gasteiger partial charge >= 0.3 is 0 Å². The number of quaternary nitrogens is 1. The molecule has 1 fully saturated rings. The molecular weight excluding hydrogens is 316 g/mol. The fourth-order valence-electron chi connectivity index (χ4n) is 2.56. The van der Waals surface area contributed by atoms with E-state index < -0.39 is 0 Å². The number of nitrogens with one attached hydrogen (secondary N) is 3. The highest BCUT2D eigenvalue weighted by Crippen LogP contribution is 2.24. The average molecular weight is 337 g/mol. The van der Waals surface area contributed by atoms with Gasteiger partial charge in [0.05, 0.1) is 41.5 Å². The van der Waals surface area contributed by atoms with Crippen molar-refractivity contribution in [2.45, 2.75) is 6.92 Å². The van der Waals surface area contributed by atoms with Gasteiger partial charge in [-0.2, -0.15) is 0 Å². The normalized spacial score (nSPS) is 15.9. The maximum absolute atomic E-state index is 5.36. The van der Waals surface area contributed by atoms with Gasteiger partial charge in [-0.1, -0.05) is 0 Å². The number of nitrogens with zero attached hydrogens (tertiary/aromatic N) is 1. The molecule has 0 unspecified atom stereocenters. The number of morpholine rings is 1. The quantitative estimate of drug-likeness (QED) is 0.721. The fourth-order valence-corrected chi connectivity index (χ4v) is 3.64. The van der Waals surface area contributed by atoms with Crippen LogP contribution in [0.4, 0.5) is 5.69 Å². The number of thiocarbonyl (C=S) groups is 1. The molecule has 3 rings (SSSR count). The van der Waals surface area contributed by atoms with E-state index in [2.05, 4.69) is 21.7 Å². The fraction of sp³-hybridized carbons (Fsp3) is 0.467. The van der Waals surface area contributed by atoms with Crippen LogP contribution in [0.25, 0.3) is 10.2 Å². The van der Waals surface area contributed by atoms with Crippen molar-refractivity contribution in [1.29, 1.82) is 0 Å². The Labute approximate surface area is 139 Å². The molecule has 7 heteroatoms. The predicted octanol–water partition coefficient (Wildman–Crippen LogP) is 0.806. The van der Waals surface area contributed by atoms with Crippen LogP contribution in [0.15, 0.2) is 18.2 Å². The third kappa shape index (κ3) is 4.13. The summed E-state index contributed by atoms with van der Waals surface area (Å²) in [5.74, 6) is 0. The molecule has 2 heterocycles. The Balaban J connectivity index is 1.47. The number of ether oxygens (including phenoxy) is 1. The van der Waals surface area contributed by atoms with Crippen molar-refractivity contribution < 1.29 is 9.64 Å². The molecule has 1 aliphatic heterocycles. The number of aryl methyl sites for hydroxylation is 1. The Morgan fingerprint density at radius 1 is 1.41 bits per heavy atom. The van der Waals surface area contributed by atoms with E-state index in [1.54, 1.807) is 16.2 Å². The zero-order chi connectivity index (χ0) is 15.4. The van der Waals surface area contributed by atoms with Crippen molar-refractivity contribution in [3.05, 3.63) is 23.2 Å². The first-order valence-corrected chi connectivity index (χ1v) is 8.76. The average Bonchev–Trinajstić information content (AvgIpc) is 2.87. The third-order valence-electron chi connectivity index (χ3n) is 3.72. The van der Waals surface area contributed by atoms with Crippen LogP contribution in [-0.2, 0) is 4.74 Å². The van der Waals surface area contributed by atoms with Gasteiger partial charge in [0, 0.05) is 5.69 Å². The molecule has 0 aliphatic carbocycles. The molecule has 0 radical (unpaired) electrons. The van der Waals surface area contributed by atoms with Crippen LogP contribution in [0, 0.1) is 6.92 Å². The summed E-state index contributed by atoms with van der Waals surface area (Å²) < 4.78 is 6.54. The van der Waals surface area contributed by atoms with Crippen molar-refractivity contribution in [2.24, 2.45) is 0 Å². The smallest absolute Gasteiger partial charge is 0.170 e. The van der Waals surface area contributed by atoms with E-state index in [1.165, 1.54) is 4.70 Å². The highest BCUT2D eigenvalue weighted by atomic mass is 32.1. The standard InChI is InChI=1S/C15H20N4OS2/c1-11-17-13-3-2-12(10-14(13)22-11)18-15(21)16-4-5-19-6-8-20-9-7-19/h2-3,10H,4-9H2,1H3,(H2,16,18,21)/p+1. The number of rotatable bonds is 4. The van der Waals surface area contributed by atoms with Crippen molar-refractivity contribution in [3.63, 3.8) is 0 Å². The van der Waals surface area contributed by atoms with E-state index >= 15 is 0 Å². The molecular formula is C15H21N4OS2+. The highest BCUT2D eigenvalue weighted by molar-refractivity contribution is 7.80. The Morgan fingerprint density at radius 2 is 2.23 bits per heavy atom.